The Kier molecular flexibility index (Phi) is 3.96. The quantitative estimate of drug-likeness (QED) is 0.525. The summed E-state index contributed by atoms with van der Waals surface area (Å²) < 4.78 is 13.2. The lowest BCUT2D eigenvalue weighted by molar-refractivity contribution is 0.0828. The van der Waals surface area contributed by atoms with Crippen LogP contribution in [0.3, 0.4) is 0 Å². The Labute approximate surface area is 86.2 Å². The number of hydrogen-bond acceptors (Lipinski definition) is 5. The van der Waals surface area contributed by atoms with Crippen molar-refractivity contribution < 1.29 is 19.7 Å². The molecule has 0 radical (unpaired) electrons. The molecule has 1 aromatic heterocycles. The van der Waals surface area contributed by atoms with Crippen LogP contribution in [0.1, 0.15) is 0 Å². The van der Waals surface area contributed by atoms with Crippen molar-refractivity contribution in [2.45, 2.75) is 5.54 Å². The van der Waals surface area contributed by atoms with Crippen molar-refractivity contribution in [1.29, 1.82) is 0 Å². The van der Waals surface area contributed by atoms with Gasteiger partial charge in [0, 0.05) is 6.20 Å². The van der Waals surface area contributed by atoms with Crippen LogP contribution in [0.2, 0.25) is 0 Å². The highest BCUT2D eigenvalue weighted by Gasteiger charge is 2.29. The number of pyridine rings is 1. The third-order valence-electron chi connectivity index (χ3n) is 2.05. The number of halogens is 1. The topological polar surface area (TPSA) is 85.6 Å². The predicted molar refractivity (Wildman–Crippen MR) is 51.8 cm³/mol. The van der Waals surface area contributed by atoms with Gasteiger partial charge in [-0.3, -0.25) is 0 Å². The molecule has 4 N–H and O–H groups in total. The summed E-state index contributed by atoms with van der Waals surface area (Å²) in [5, 5.41) is 29.5. The first-order valence-electron chi connectivity index (χ1n) is 4.39. The van der Waals surface area contributed by atoms with Crippen LogP contribution in [0.5, 0.6) is 0 Å². The number of nitrogens with one attached hydrogen (secondary N) is 1. The first kappa shape index (κ1) is 11.8. The number of aliphatic hydroxyl groups excluding tert-OH is 3. The maximum absolute atomic E-state index is 13.2. The molecule has 0 spiro atoms. The number of aliphatic hydroxyl groups is 3. The van der Waals surface area contributed by atoms with Crippen LogP contribution in [-0.2, 0) is 0 Å². The number of aromatic nitrogens is 1. The maximum Gasteiger partial charge on any atom is 0.165 e. The molecule has 0 aliphatic heterocycles. The Bertz CT molecular complexity index is 310. The predicted octanol–water partition coefficient (Wildman–Crippen LogP) is -0.652. The number of hydrogen-bond donors (Lipinski definition) is 4. The van der Waals surface area contributed by atoms with E-state index in [-0.39, 0.29) is 5.82 Å². The first-order valence-corrected chi connectivity index (χ1v) is 4.39. The van der Waals surface area contributed by atoms with Crippen molar-refractivity contribution >= 4 is 5.82 Å². The summed E-state index contributed by atoms with van der Waals surface area (Å²) in [6, 6.07) is 2.60. The van der Waals surface area contributed by atoms with Gasteiger partial charge in [0.2, 0.25) is 0 Å². The Morgan fingerprint density at radius 3 is 2.33 bits per heavy atom. The summed E-state index contributed by atoms with van der Waals surface area (Å²) in [4.78, 5) is 3.69. The van der Waals surface area contributed by atoms with E-state index in [9.17, 15) is 4.39 Å². The lowest BCUT2D eigenvalue weighted by Gasteiger charge is -2.29. The van der Waals surface area contributed by atoms with Crippen LogP contribution in [0.25, 0.3) is 0 Å². The van der Waals surface area contributed by atoms with Crippen molar-refractivity contribution in [3.05, 3.63) is 24.1 Å². The van der Waals surface area contributed by atoms with Gasteiger partial charge in [0.15, 0.2) is 11.6 Å². The Morgan fingerprint density at radius 2 is 1.87 bits per heavy atom. The minimum atomic E-state index is -1.37. The lowest BCUT2D eigenvalue weighted by Crippen LogP contribution is -2.49. The molecule has 0 aliphatic rings. The zero-order valence-corrected chi connectivity index (χ0v) is 8.02. The fourth-order valence-corrected chi connectivity index (χ4v) is 0.997. The summed E-state index contributed by atoms with van der Waals surface area (Å²) in [6.07, 6.45) is 1.36. The zero-order valence-electron chi connectivity index (χ0n) is 8.02. The molecule has 0 unspecified atom stereocenters. The summed E-state index contributed by atoms with van der Waals surface area (Å²) in [7, 11) is 0. The lowest BCUT2D eigenvalue weighted by atomic mass is 10.0. The van der Waals surface area contributed by atoms with Crippen LogP contribution >= 0.6 is 0 Å². The van der Waals surface area contributed by atoms with E-state index in [1.54, 1.807) is 0 Å². The molecule has 0 atom stereocenters. The molecule has 1 aromatic rings. The molecule has 0 saturated heterocycles. The number of rotatable bonds is 5. The van der Waals surface area contributed by atoms with Crippen LogP contribution in [-0.4, -0.2) is 45.7 Å². The average Bonchev–Trinajstić information content (AvgIpc) is 2.29. The van der Waals surface area contributed by atoms with Gasteiger partial charge in [-0.25, -0.2) is 9.37 Å². The van der Waals surface area contributed by atoms with Crippen LogP contribution < -0.4 is 5.32 Å². The third kappa shape index (κ3) is 2.62. The number of anilines is 1. The smallest absolute Gasteiger partial charge is 0.165 e. The van der Waals surface area contributed by atoms with E-state index in [4.69, 9.17) is 15.3 Å². The van der Waals surface area contributed by atoms with Crippen molar-refractivity contribution in [3.63, 3.8) is 0 Å². The summed E-state index contributed by atoms with van der Waals surface area (Å²) in [5.74, 6) is -0.730. The second-order valence-electron chi connectivity index (χ2n) is 3.21. The van der Waals surface area contributed by atoms with E-state index in [1.165, 1.54) is 18.3 Å². The zero-order chi connectivity index (χ0) is 11.3. The van der Waals surface area contributed by atoms with E-state index in [2.05, 4.69) is 10.3 Å². The highest BCUT2D eigenvalue weighted by Crippen LogP contribution is 2.15. The van der Waals surface area contributed by atoms with Crippen LogP contribution in [0, 0.1) is 5.82 Å². The van der Waals surface area contributed by atoms with Gasteiger partial charge in [-0.05, 0) is 12.1 Å². The molecule has 1 heterocycles. The highest BCUT2D eigenvalue weighted by molar-refractivity contribution is 5.39. The molecule has 0 saturated carbocycles. The molecule has 1 rings (SSSR count). The van der Waals surface area contributed by atoms with Gasteiger partial charge in [-0.1, -0.05) is 0 Å². The fourth-order valence-electron chi connectivity index (χ4n) is 0.997. The van der Waals surface area contributed by atoms with Gasteiger partial charge in [-0.2, -0.15) is 0 Å². The monoisotopic (exact) mass is 216 g/mol. The second-order valence-corrected chi connectivity index (χ2v) is 3.21. The fraction of sp³-hybridized carbons (Fsp3) is 0.444. The van der Waals surface area contributed by atoms with E-state index < -0.39 is 31.2 Å². The van der Waals surface area contributed by atoms with E-state index >= 15 is 0 Å². The molecule has 15 heavy (non-hydrogen) atoms. The van der Waals surface area contributed by atoms with E-state index in [1.807, 2.05) is 0 Å². The molecule has 84 valence electrons. The Balaban J connectivity index is 2.88. The summed E-state index contributed by atoms with van der Waals surface area (Å²) in [6.45, 7) is -1.60. The normalized spacial score (nSPS) is 11.5. The van der Waals surface area contributed by atoms with Gasteiger partial charge >= 0.3 is 0 Å². The average molecular weight is 216 g/mol. The third-order valence-corrected chi connectivity index (χ3v) is 2.05. The molecule has 0 bridgehead atoms. The number of nitrogens with zero attached hydrogens (tertiary/aromatic N) is 1. The minimum absolute atomic E-state index is 0.116. The van der Waals surface area contributed by atoms with Crippen LogP contribution in [0.4, 0.5) is 10.2 Å². The van der Waals surface area contributed by atoms with E-state index in [0.717, 1.165) is 0 Å². The SMILES string of the molecule is OCC(CO)(CO)Nc1ncccc1F. The molecule has 0 amide bonds. The molecule has 0 aromatic carbocycles. The second kappa shape index (κ2) is 5.01. The molecular formula is C9H13FN2O3. The van der Waals surface area contributed by atoms with Gasteiger partial charge in [0.25, 0.3) is 0 Å². The van der Waals surface area contributed by atoms with Crippen LogP contribution in [0.15, 0.2) is 18.3 Å². The Hall–Kier alpha value is -1.24. The van der Waals surface area contributed by atoms with Crippen molar-refractivity contribution in [2.75, 3.05) is 25.1 Å². The van der Waals surface area contributed by atoms with Crippen molar-refractivity contribution in [3.8, 4) is 0 Å². The summed E-state index contributed by atoms with van der Waals surface area (Å²) >= 11 is 0. The molecular weight excluding hydrogens is 203 g/mol. The first-order chi connectivity index (χ1) is 7.17. The van der Waals surface area contributed by atoms with Gasteiger partial charge in [-0.15, -0.1) is 0 Å². The maximum atomic E-state index is 13.2. The minimum Gasteiger partial charge on any atom is -0.394 e. The molecule has 0 aliphatic carbocycles. The van der Waals surface area contributed by atoms with Gasteiger partial charge < -0.3 is 20.6 Å². The molecule has 0 fully saturated rings. The van der Waals surface area contributed by atoms with E-state index in [0.29, 0.717) is 0 Å². The molecule has 6 heteroatoms. The standard InChI is InChI=1S/C9H13FN2O3/c10-7-2-1-3-11-8(7)12-9(4-13,5-14)6-15/h1-3,13-15H,4-6H2,(H,11,12). The van der Waals surface area contributed by atoms with Crippen molar-refractivity contribution in [1.82, 2.24) is 4.98 Å². The Morgan fingerprint density at radius 1 is 1.27 bits per heavy atom. The largest absolute Gasteiger partial charge is 0.394 e. The molecule has 5 nitrogen and oxygen atoms in total. The highest BCUT2D eigenvalue weighted by atomic mass is 19.1. The van der Waals surface area contributed by atoms with Gasteiger partial charge in [0.1, 0.15) is 5.54 Å². The van der Waals surface area contributed by atoms with Gasteiger partial charge in [0.05, 0.1) is 19.8 Å². The van der Waals surface area contributed by atoms with Crippen molar-refractivity contribution in [2.24, 2.45) is 0 Å². The summed E-state index contributed by atoms with van der Waals surface area (Å²) in [5.41, 5.74) is -1.37.